The number of hydrogen-bond acceptors (Lipinski definition) is 4. The first-order valence-electron chi connectivity index (χ1n) is 3.63. The number of aliphatic hydroxyl groups is 1. The molecular weight excluding hydrogens is 178 g/mol. The number of alkyl carbamates (subject to hydrolysis) is 1. The summed E-state index contributed by atoms with van der Waals surface area (Å²) in [6, 6.07) is -0.0857. The van der Waals surface area contributed by atoms with Crippen molar-refractivity contribution in [3.8, 4) is 0 Å². The molecule has 5 heteroatoms. The number of carbonyl (C=O) groups is 1. The van der Waals surface area contributed by atoms with Gasteiger partial charge in [0.2, 0.25) is 0 Å². The number of carbonyl (C=O) groups excluding carboxylic acids is 1. The first-order chi connectivity index (χ1) is 5.65. The molecule has 72 valence electrons. The zero-order valence-electron chi connectivity index (χ0n) is 7.53. The first kappa shape index (κ1) is 11.6. The molecule has 4 nitrogen and oxygen atoms in total. The lowest BCUT2D eigenvalue weighted by Crippen LogP contribution is -2.41. The van der Waals surface area contributed by atoms with E-state index in [1.807, 2.05) is 13.2 Å². The third-order valence-corrected chi connectivity index (χ3v) is 2.73. The number of hydrogen-bond donors (Lipinski definition) is 2. The molecule has 12 heavy (non-hydrogen) atoms. The van der Waals surface area contributed by atoms with E-state index in [-0.39, 0.29) is 17.9 Å². The second-order valence-electron chi connectivity index (χ2n) is 2.38. The molecule has 2 atom stereocenters. The van der Waals surface area contributed by atoms with Crippen LogP contribution in [0.1, 0.15) is 6.92 Å². The van der Waals surface area contributed by atoms with Crippen LogP contribution in [0.25, 0.3) is 0 Å². The van der Waals surface area contributed by atoms with Crippen molar-refractivity contribution in [3.05, 3.63) is 0 Å². The highest BCUT2D eigenvalue weighted by atomic mass is 32.2. The van der Waals surface area contributed by atoms with Crippen molar-refractivity contribution in [2.45, 2.75) is 18.2 Å². The smallest absolute Gasteiger partial charge is 0.407 e. The molecule has 0 aliphatic rings. The number of nitrogens with one attached hydrogen (secondary N) is 1. The summed E-state index contributed by atoms with van der Waals surface area (Å²) in [5.74, 6) is 0. The highest BCUT2D eigenvalue weighted by Gasteiger charge is 2.16. The minimum Gasteiger partial charge on any atom is -0.453 e. The standard InChI is InChI=1S/C7H15NO3S/c1-5(6(4-9)12-3)8-7(10)11-2/h5-6,9H,4H2,1-3H3,(H,8,10). The van der Waals surface area contributed by atoms with Gasteiger partial charge >= 0.3 is 6.09 Å². The Balaban J connectivity index is 3.83. The Bertz CT molecular complexity index is 139. The molecule has 1 amide bonds. The van der Waals surface area contributed by atoms with Gasteiger partial charge in [-0.15, -0.1) is 0 Å². The van der Waals surface area contributed by atoms with Gasteiger partial charge in [0.25, 0.3) is 0 Å². The summed E-state index contributed by atoms with van der Waals surface area (Å²) in [5, 5.41) is 11.5. The fraction of sp³-hybridized carbons (Fsp3) is 0.857. The van der Waals surface area contributed by atoms with Gasteiger partial charge in [0, 0.05) is 11.3 Å². The zero-order valence-corrected chi connectivity index (χ0v) is 8.35. The van der Waals surface area contributed by atoms with E-state index in [0.29, 0.717) is 0 Å². The van der Waals surface area contributed by atoms with E-state index in [1.165, 1.54) is 18.9 Å². The third-order valence-electron chi connectivity index (χ3n) is 1.57. The van der Waals surface area contributed by atoms with Gasteiger partial charge < -0.3 is 15.2 Å². The Labute approximate surface area is 76.7 Å². The van der Waals surface area contributed by atoms with Crippen molar-refractivity contribution in [1.82, 2.24) is 5.32 Å². The van der Waals surface area contributed by atoms with Crippen LogP contribution >= 0.6 is 11.8 Å². The molecule has 0 fully saturated rings. The van der Waals surface area contributed by atoms with Gasteiger partial charge in [0.15, 0.2) is 0 Å². The number of rotatable bonds is 4. The summed E-state index contributed by atoms with van der Waals surface area (Å²) in [6.07, 6.45) is 1.42. The van der Waals surface area contributed by atoms with Gasteiger partial charge in [0.05, 0.1) is 13.7 Å². The lowest BCUT2D eigenvalue weighted by molar-refractivity contribution is 0.165. The van der Waals surface area contributed by atoms with E-state index in [4.69, 9.17) is 5.11 Å². The maximum absolute atomic E-state index is 10.7. The van der Waals surface area contributed by atoms with Crippen molar-refractivity contribution >= 4 is 17.9 Å². The van der Waals surface area contributed by atoms with Gasteiger partial charge in [0.1, 0.15) is 0 Å². The average molecular weight is 193 g/mol. The van der Waals surface area contributed by atoms with Gasteiger partial charge in [-0.3, -0.25) is 0 Å². The molecule has 0 rings (SSSR count). The van der Waals surface area contributed by atoms with E-state index in [9.17, 15) is 4.79 Å². The van der Waals surface area contributed by atoms with E-state index < -0.39 is 6.09 Å². The number of amides is 1. The van der Waals surface area contributed by atoms with Crippen LogP contribution < -0.4 is 5.32 Å². The Hall–Kier alpha value is -0.420. The molecule has 0 spiro atoms. The Morgan fingerprint density at radius 1 is 1.75 bits per heavy atom. The molecule has 0 aromatic heterocycles. The monoisotopic (exact) mass is 193 g/mol. The Kier molecular flexibility index (Phi) is 5.92. The van der Waals surface area contributed by atoms with Crippen LogP contribution in [0.5, 0.6) is 0 Å². The third kappa shape index (κ3) is 3.82. The summed E-state index contributed by atoms with van der Waals surface area (Å²) in [5.41, 5.74) is 0. The second kappa shape index (κ2) is 6.14. The number of thioether (sulfide) groups is 1. The van der Waals surface area contributed by atoms with Gasteiger partial charge in [-0.05, 0) is 13.2 Å². The fourth-order valence-electron chi connectivity index (χ4n) is 0.775. The lowest BCUT2D eigenvalue weighted by atomic mass is 10.2. The maximum atomic E-state index is 10.7. The van der Waals surface area contributed by atoms with Crippen LogP contribution in [0.4, 0.5) is 4.79 Å². The minimum absolute atomic E-state index is 0.0177. The molecule has 0 saturated heterocycles. The summed E-state index contributed by atoms with van der Waals surface area (Å²) in [6.45, 7) is 1.88. The maximum Gasteiger partial charge on any atom is 0.407 e. The number of methoxy groups -OCH3 is 1. The molecule has 0 aromatic rings. The highest BCUT2D eigenvalue weighted by Crippen LogP contribution is 2.09. The lowest BCUT2D eigenvalue weighted by Gasteiger charge is -2.20. The molecular formula is C7H15NO3S. The summed E-state index contributed by atoms with van der Waals surface area (Å²) in [7, 11) is 1.31. The topological polar surface area (TPSA) is 58.6 Å². The minimum atomic E-state index is -0.463. The predicted octanol–water partition coefficient (Wildman–Crippen LogP) is 0.455. The van der Waals surface area contributed by atoms with E-state index in [1.54, 1.807) is 0 Å². The first-order valence-corrected chi connectivity index (χ1v) is 4.92. The quantitative estimate of drug-likeness (QED) is 0.681. The Morgan fingerprint density at radius 2 is 2.33 bits per heavy atom. The molecule has 0 heterocycles. The summed E-state index contributed by atoms with van der Waals surface area (Å²) < 4.78 is 4.42. The molecule has 2 unspecified atom stereocenters. The molecule has 2 N–H and O–H groups in total. The van der Waals surface area contributed by atoms with E-state index in [0.717, 1.165) is 0 Å². The van der Waals surface area contributed by atoms with Crippen molar-refractivity contribution in [2.75, 3.05) is 20.0 Å². The SMILES string of the molecule is COC(=O)NC(C)C(CO)SC. The van der Waals surface area contributed by atoms with Crippen molar-refractivity contribution in [1.29, 1.82) is 0 Å². The molecule has 0 saturated carbocycles. The van der Waals surface area contributed by atoms with Crippen LogP contribution in [0.3, 0.4) is 0 Å². The van der Waals surface area contributed by atoms with Crippen LogP contribution in [-0.4, -0.2) is 42.5 Å². The number of aliphatic hydroxyl groups excluding tert-OH is 1. The normalized spacial score (nSPS) is 15.0. The second-order valence-corrected chi connectivity index (χ2v) is 3.46. The van der Waals surface area contributed by atoms with Crippen molar-refractivity contribution in [2.24, 2.45) is 0 Å². The average Bonchev–Trinajstić information content (AvgIpc) is 2.06. The molecule has 0 radical (unpaired) electrons. The van der Waals surface area contributed by atoms with E-state index >= 15 is 0 Å². The van der Waals surface area contributed by atoms with Gasteiger partial charge in [-0.2, -0.15) is 11.8 Å². The largest absolute Gasteiger partial charge is 0.453 e. The summed E-state index contributed by atoms with van der Waals surface area (Å²) in [4.78, 5) is 10.7. The van der Waals surface area contributed by atoms with Gasteiger partial charge in [-0.1, -0.05) is 0 Å². The molecule has 0 aromatic carbocycles. The molecule has 0 aliphatic carbocycles. The molecule has 0 aliphatic heterocycles. The van der Waals surface area contributed by atoms with Crippen LogP contribution in [0.2, 0.25) is 0 Å². The highest BCUT2D eigenvalue weighted by molar-refractivity contribution is 7.99. The Morgan fingerprint density at radius 3 is 2.67 bits per heavy atom. The van der Waals surface area contributed by atoms with Crippen LogP contribution in [-0.2, 0) is 4.74 Å². The summed E-state index contributed by atoms with van der Waals surface area (Å²) >= 11 is 1.51. The number of ether oxygens (including phenoxy) is 1. The van der Waals surface area contributed by atoms with E-state index in [2.05, 4.69) is 10.1 Å². The fourth-order valence-corrected chi connectivity index (χ4v) is 1.40. The zero-order chi connectivity index (χ0) is 9.56. The van der Waals surface area contributed by atoms with Crippen LogP contribution in [0, 0.1) is 0 Å². The van der Waals surface area contributed by atoms with Crippen molar-refractivity contribution < 1.29 is 14.6 Å². The van der Waals surface area contributed by atoms with Crippen molar-refractivity contribution in [3.63, 3.8) is 0 Å². The molecule has 0 bridgehead atoms. The van der Waals surface area contributed by atoms with Gasteiger partial charge in [-0.25, -0.2) is 4.79 Å². The predicted molar refractivity (Wildman–Crippen MR) is 49.4 cm³/mol. The van der Waals surface area contributed by atoms with Crippen LogP contribution in [0.15, 0.2) is 0 Å².